The molecule has 8 aliphatic rings. The van der Waals surface area contributed by atoms with E-state index in [1.807, 2.05) is 48.5 Å². The zero-order valence-corrected chi connectivity index (χ0v) is 31.5. The highest BCUT2D eigenvalue weighted by molar-refractivity contribution is 5.91. The molecule has 8 atom stereocenters. The summed E-state index contributed by atoms with van der Waals surface area (Å²) < 4.78 is 12.0. The number of phenols is 2. The molecule has 11 heteroatoms. The van der Waals surface area contributed by atoms with Crippen LogP contribution in [0.5, 0.6) is 23.0 Å². The molecule has 5 N–H and O–H groups in total. The summed E-state index contributed by atoms with van der Waals surface area (Å²) in [5, 5.41) is 47.5. The third-order valence-electron chi connectivity index (χ3n) is 14.6. The van der Waals surface area contributed by atoms with Crippen LogP contribution in [0.15, 0.2) is 84.9 Å². The van der Waals surface area contributed by atoms with Crippen LogP contribution in [0.1, 0.15) is 76.7 Å². The van der Waals surface area contributed by atoms with Crippen molar-refractivity contribution in [3.05, 3.63) is 118 Å². The molecule has 4 aromatic rings. The van der Waals surface area contributed by atoms with Gasteiger partial charge in [0.2, 0.25) is 0 Å². The van der Waals surface area contributed by atoms with Crippen LogP contribution in [0.25, 0.3) is 0 Å². The summed E-state index contributed by atoms with van der Waals surface area (Å²) in [7, 11) is 0. The first-order chi connectivity index (χ1) is 27.6. The summed E-state index contributed by atoms with van der Waals surface area (Å²) in [6.07, 6.45) is 3.83. The molecule has 11 nitrogen and oxygen atoms in total. The predicted octanol–water partition coefficient (Wildman–Crippen LogP) is 4.22. The summed E-state index contributed by atoms with van der Waals surface area (Å²) in [6.45, 7) is 2.34. The molecule has 4 fully saturated rings. The number of benzene rings is 4. The van der Waals surface area contributed by atoms with Gasteiger partial charge in [0.25, 0.3) is 0 Å². The van der Waals surface area contributed by atoms with Gasteiger partial charge in [-0.1, -0.05) is 72.8 Å². The number of Topliss-reactive ketones (excluding diaryl/α,β-unsaturated/α-hetero) is 2. The molecule has 0 amide bonds. The number of hydrogen-bond acceptors (Lipinski definition) is 11. The standard InChI is InChI=1S/C23H23NO4.C16H17NO4.C7H6O/c25-16-7-6-15-12-18-23(27)9-8-17(26)21-22(23,19(15)20(16)28-21)10-11-24(18)13-14-4-2-1-3-5-14;18-9-2-1-8-7-11-16(20)4-3-10(19)14-15(16,5-6-17-11)12(8)13(9)21-14;8-6-7-4-2-1-3-5-7/h1-7,18,21,25,27H,8-13H2;1-2,11,14,17-18,20H,3-7H2;1-6H/t18-,21+,22+,23-;11-,14+,15+,16-;/m11./s1. The van der Waals surface area contributed by atoms with Gasteiger partial charge in [-0.2, -0.15) is 0 Å². The Morgan fingerprint density at radius 3 is 1.86 bits per heavy atom. The summed E-state index contributed by atoms with van der Waals surface area (Å²) in [6, 6.07) is 26.5. The third-order valence-corrected chi connectivity index (χ3v) is 14.6. The number of aliphatic hydroxyl groups is 2. The van der Waals surface area contributed by atoms with Gasteiger partial charge in [0.1, 0.15) is 6.29 Å². The van der Waals surface area contributed by atoms with Crippen LogP contribution >= 0.6 is 0 Å². The average Bonchev–Trinajstić information content (AvgIpc) is 3.77. The highest BCUT2D eigenvalue weighted by atomic mass is 16.5. The van der Waals surface area contributed by atoms with Crippen LogP contribution in [-0.4, -0.2) is 91.8 Å². The fourth-order valence-corrected chi connectivity index (χ4v) is 12.2. The van der Waals surface area contributed by atoms with E-state index in [1.165, 1.54) is 5.56 Å². The molecule has 2 spiro atoms. The fourth-order valence-electron chi connectivity index (χ4n) is 12.2. The Balaban J connectivity index is 0.000000120. The number of carbonyl (C=O) groups is 3. The highest BCUT2D eigenvalue weighted by Gasteiger charge is 2.74. The predicted molar refractivity (Wildman–Crippen MR) is 208 cm³/mol. The molecule has 2 saturated carbocycles. The molecule has 12 rings (SSSR count). The SMILES string of the molecule is O=C1CC[C@@]2(O)[C@H]3Cc4ccc(O)c5c4[C@@]2(CCN3)[C@H]1O5.O=C1CC[C@@]2(O)[C@H]3Cc4ccc(O)c5c4[C@@]2(CCN3Cc2ccccc2)[C@H]1O5.O=Cc1ccccc1. The Morgan fingerprint density at radius 2 is 1.26 bits per heavy atom. The van der Waals surface area contributed by atoms with E-state index in [0.717, 1.165) is 53.7 Å². The molecule has 0 unspecified atom stereocenters. The van der Waals surface area contributed by atoms with Crippen molar-refractivity contribution >= 4 is 17.9 Å². The first kappa shape index (κ1) is 36.3. The lowest BCUT2D eigenvalue weighted by molar-refractivity contribution is -0.189. The molecule has 57 heavy (non-hydrogen) atoms. The number of aromatic hydroxyl groups is 2. The lowest BCUT2D eigenvalue weighted by atomic mass is 9.49. The number of nitrogens with one attached hydrogen (secondary N) is 1. The van der Waals surface area contributed by atoms with Crippen LogP contribution < -0.4 is 14.8 Å². The molecule has 0 radical (unpaired) electrons. The number of aldehydes is 1. The maximum absolute atomic E-state index is 12.8. The van der Waals surface area contributed by atoms with Crippen molar-refractivity contribution in [3.63, 3.8) is 0 Å². The van der Waals surface area contributed by atoms with Gasteiger partial charge in [-0.15, -0.1) is 0 Å². The second-order valence-corrected chi connectivity index (χ2v) is 17.0. The highest BCUT2D eigenvalue weighted by Crippen LogP contribution is 2.66. The monoisotopic (exact) mass is 770 g/mol. The maximum Gasteiger partial charge on any atom is 0.174 e. The number of likely N-dealkylation sites (tertiary alicyclic amines) is 1. The number of piperidine rings is 2. The van der Waals surface area contributed by atoms with E-state index in [9.17, 15) is 34.8 Å². The Hall–Kier alpha value is -5.07. The van der Waals surface area contributed by atoms with Crippen molar-refractivity contribution in [3.8, 4) is 23.0 Å². The number of ether oxygens (including phenoxy) is 2. The number of rotatable bonds is 3. The maximum atomic E-state index is 12.8. The van der Waals surface area contributed by atoms with Gasteiger partial charge in [-0.25, -0.2) is 0 Å². The van der Waals surface area contributed by atoms with E-state index < -0.39 is 34.2 Å². The minimum atomic E-state index is -1.02. The van der Waals surface area contributed by atoms with Crippen LogP contribution in [0.3, 0.4) is 0 Å². The lowest BCUT2D eigenvalue weighted by Crippen LogP contribution is -2.76. The molecule has 0 aromatic heterocycles. The number of phenolic OH excluding ortho intramolecular Hbond substituents is 2. The lowest BCUT2D eigenvalue weighted by Gasteiger charge is -2.62. The van der Waals surface area contributed by atoms with Crippen molar-refractivity contribution in [1.29, 1.82) is 0 Å². The van der Waals surface area contributed by atoms with Gasteiger partial charge in [0.05, 0.1) is 22.0 Å². The van der Waals surface area contributed by atoms with Crippen molar-refractivity contribution in [2.24, 2.45) is 0 Å². The third kappa shape index (κ3) is 4.89. The van der Waals surface area contributed by atoms with Gasteiger partial charge < -0.3 is 35.2 Å². The van der Waals surface area contributed by atoms with Gasteiger partial charge in [-0.05, 0) is 73.9 Å². The van der Waals surface area contributed by atoms with Crippen molar-refractivity contribution in [2.75, 3.05) is 13.1 Å². The van der Waals surface area contributed by atoms with E-state index >= 15 is 0 Å². The Bertz CT molecular complexity index is 2300. The number of hydrogen-bond donors (Lipinski definition) is 5. The van der Waals surface area contributed by atoms with Gasteiger partial charge in [-0.3, -0.25) is 19.3 Å². The fraction of sp³-hybridized carbons (Fsp3) is 0.413. The number of carbonyl (C=O) groups excluding carboxylic acids is 3. The molecule has 4 heterocycles. The minimum Gasteiger partial charge on any atom is -0.504 e. The molecular formula is C46H46N2O9. The van der Waals surface area contributed by atoms with Gasteiger partial charge in [0, 0.05) is 54.7 Å². The molecule has 4 aliphatic carbocycles. The second kappa shape index (κ2) is 13.0. The molecule has 294 valence electrons. The van der Waals surface area contributed by atoms with E-state index in [0.29, 0.717) is 62.9 Å². The van der Waals surface area contributed by atoms with Crippen LogP contribution in [-0.2, 0) is 39.8 Å². The van der Waals surface area contributed by atoms with E-state index in [-0.39, 0.29) is 35.1 Å². The normalized spacial score (nSPS) is 34.2. The average molecular weight is 771 g/mol. The second-order valence-electron chi connectivity index (χ2n) is 17.0. The zero-order valence-electron chi connectivity index (χ0n) is 31.5. The summed E-state index contributed by atoms with van der Waals surface area (Å²) in [5.41, 5.74) is 2.52. The summed E-state index contributed by atoms with van der Waals surface area (Å²) in [5.74, 6) is 1.08. The zero-order chi connectivity index (χ0) is 39.3. The Morgan fingerprint density at radius 1 is 0.702 bits per heavy atom. The molecule has 4 aromatic carbocycles. The largest absolute Gasteiger partial charge is 0.504 e. The first-order valence-corrected chi connectivity index (χ1v) is 20.1. The Kier molecular flexibility index (Phi) is 8.26. The Labute approximate surface area is 330 Å². The summed E-state index contributed by atoms with van der Waals surface area (Å²) >= 11 is 0. The molecule has 4 aliphatic heterocycles. The number of nitrogens with zero attached hydrogens (tertiary/aromatic N) is 1. The van der Waals surface area contributed by atoms with E-state index in [1.54, 1.807) is 24.3 Å². The minimum absolute atomic E-state index is 0.0448. The topological polar surface area (TPSA) is 166 Å². The van der Waals surface area contributed by atoms with E-state index in [2.05, 4.69) is 22.3 Å². The van der Waals surface area contributed by atoms with Crippen LogP contribution in [0.2, 0.25) is 0 Å². The van der Waals surface area contributed by atoms with Crippen LogP contribution in [0, 0.1) is 0 Å². The molecular weight excluding hydrogens is 725 g/mol. The number of ketones is 2. The van der Waals surface area contributed by atoms with Gasteiger partial charge >= 0.3 is 0 Å². The quantitative estimate of drug-likeness (QED) is 0.190. The van der Waals surface area contributed by atoms with Crippen molar-refractivity contribution < 1.29 is 44.3 Å². The van der Waals surface area contributed by atoms with E-state index in [4.69, 9.17) is 9.47 Å². The van der Waals surface area contributed by atoms with Crippen molar-refractivity contribution in [1.82, 2.24) is 10.2 Å². The van der Waals surface area contributed by atoms with Gasteiger partial charge in [0.15, 0.2) is 46.8 Å². The smallest absolute Gasteiger partial charge is 0.174 e. The van der Waals surface area contributed by atoms with Crippen molar-refractivity contribution in [2.45, 2.75) is 104 Å². The van der Waals surface area contributed by atoms with Crippen LogP contribution in [0.4, 0.5) is 0 Å². The first-order valence-electron chi connectivity index (χ1n) is 20.1. The molecule has 2 saturated heterocycles. The molecule has 4 bridgehead atoms. The summed E-state index contributed by atoms with van der Waals surface area (Å²) in [4.78, 5) is 37.6.